The minimum atomic E-state index is -1.49. The van der Waals surface area contributed by atoms with Gasteiger partial charge in [-0.05, 0) is 5.56 Å². The number of rotatable bonds is 5. The average Bonchev–Trinajstić information content (AvgIpc) is 2.66. The minimum Gasteiger partial charge on any atom is -0.388 e. The van der Waals surface area contributed by atoms with Gasteiger partial charge in [0.05, 0.1) is 19.8 Å². The molecule has 26 heavy (non-hydrogen) atoms. The molecule has 0 amide bonds. The van der Waals surface area contributed by atoms with Crippen molar-refractivity contribution in [2.75, 3.05) is 13.2 Å². The summed E-state index contributed by atoms with van der Waals surface area (Å²) in [6.45, 7) is -0.129. The zero-order valence-corrected chi connectivity index (χ0v) is 14.0. The molecule has 0 aromatic heterocycles. The van der Waals surface area contributed by atoms with Gasteiger partial charge in [-0.3, -0.25) is 0 Å². The fourth-order valence-corrected chi connectivity index (χ4v) is 2.86. The van der Waals surface area contributed by atoms with Crippen LogP contribution in [0.5, 0.6) is 0 Å². The normalized spacial score (nSPS) is 41.1. The molecule has 2 aliphatic rings. The third-order valence-corrected chi connectivity index (χ3v) is 4.45. The van der Waals surface area contributed by atoms with Gasteiger partial charge >= 0.3 is 0 Å². The van der Waals surface area contributed by atoms with E-state index in [0.29, 0.717) is 0 Å². The molecule has 2 aliphatic heterocycles. The first-order valence-electron chi connectivity index (χ1n) is 8.42. The molecule has 9 heteroatoms. The average molecular weight is 372 g/mol. The Labute approximate surface area is 150 Å². The number of ether oxygens (including phenoxy) is 4. The lowest BCUT2D eigenvalue weighted by atomic mass is 10.0. The van der Waals surface area contributed by atoms with Crippen LogP contribution in [-0.2, 0) is 25.6 Å². The fourth-order valence-electron chi connectivity index (χ4n) is 2.86. The predicted octanol–water partition coefficient (Wildman–Crippen LogP) is -1.89. The number of hydrogen-bond donors (Lipinski definition) is 5. The van der Waals surface area contributed by atoms with Crippen molar-refractivity contribution in [1.29, 1.82) is 0 Å². The van der Waals surface area contributed by atoms with E-state index in [1.54, 1.807) is 0 Å². The van der Waals surface area contributed by atoms with E-state index in [1.165, 1.54) is 0 Å². The topological polar surface area (TPSA) is 138 Å². The molecule has 3 rings (SSSR count). The first kappa shape index (κ1) is 19.6. The third kappa shape index (κ3) is 4.39. The highest BCUT2D eigenvalue weighted by Gasteiger charge is 2.44. The summed E-state index contributed by atoms with van der Waals surface area (Å²) < 4.78 is 21.5. The molecule has 1 aromatic rings. The Bertz CT molecular complexity index is 556. The Hall–Kier alpha value is -1.14. The van der Waals surface area contributed by atoms with Crippen molar-refractivity contribution in [3.8, 4) is 0 Å². The van der Waals surface area contributed by atoms with Gasteiger partial charge in [0.15, 0.2) is 12.6 Å². The summed E-state index contributed by atoms with van der Waals surface area (Å²) in [5, 5.41) is 49.4. The van der Waals surface area contributed by atoms with E-state index < -0.39 is 49.2 Å². The quantitative estimate of drug-likeness (QED) is 0.401. The minimum absolute atomic E-state index is 0.108. The van der Waals surface area contributed by atoms with E-state index in [4.69, 9.17) is 18.9 Å². The van der Waals surface area contributed by atoms with E-state index in [9.17, 15) is 25.5 Å². The van der Waals surface area contributed by atoms with Crippen LogP contribution in [-0.4, -0.2) is 88.0 Å². The molecule has 2 fully saturated rings. The smallest absolute Gasteiger partial charge is 0.186 e. The number of hydrogen-bond acceptors (Lipinski definition) is 9. The zero-order valence-electron chi connectivity index (χ0n) is 14.0. The van der Waals surface area contributed by atoms with Crippen molar-refractivity contribution >= 4 is 0 Å². The van der Waals surface area contributed by atoms with Crippen LogP contribution in [0.1, 0.15) is 5.56 Å². The summed E-state index contributed by atoms with van der Waals surface area (Å²) in [5.41, 5.74) is 0.891. The molecule has 2 heterocycles. The summed E-state index contributed by atoms with van der Waals surface area (Å²) in [5.74, 6) is 0. The van der Waals surface area contributed by atoms with E-state index in [-0.39, 0.29) is 19.8 Å². The number of aliphatic hydroxyl groups excluding tert-OH is 5. The summed E-state index contributed by atoms with van der Waals surface area (Å²) in [6.07, 6.45) is -10.1. The van der Waals surface area contributed by atoms with Gasteiger partial charge < -0.3 is 44.5 Å². The fraction of sp³-hybridized carbons (Fsp3) is 0.647. The maximum atomic E-state index is 10.3. The molecule has 2 saturated heterocycles. The van der Waals surface area contributed by atoms with Gasteiger partial charge in [-0.25, -0.2) is 0 Å². The Morgan fingerprint density at radius 2 is 1.46 bits per heavy atom. The van der Waals surface area contributed by atoms with E-state index in [1.807, 2.05) is 30.3 Å². The first-order valence-corrected chi connectivity index (χ1v) is 8.42. The lowest BCUT2D eigenvalue weighted by molar-refractivity contribution is -0.329. The largest absolute Gasteiger partial charge is 0.388 e. The molecule has 5 N–H and O–H groups in total. The lowest BCUT2D eigenvalue weighted by Gasteiger charge is -2.41. The second kappa shape index (κ2) is 8.70. The second-order valence-electron chi connectivity index (χ2n) is 6.40. The summed E-state index contributed by atoms with van der Waals surface area (Å²) in [7, 11) is 0. The van der Waals surface area contributed by atoms with Gasteiger partial charge in [-0.1, -0.05) is 30.3 Å². The molecule has 0 spiro atoms. The highest BCUT2D eigenvalue weighted by atomic mass is 16.7. The molecule has 0 saturated carbocycles. The Balaban J connectivity index is 1.52. The van der Waals surface area contributed by atoms with Crippen LogP contribution in [0.3, 0.4) is 0 Å². The second-order valence-corrected chi connectivity index (χ2v) is 6.40. The van der Waals surface area contributed by atoms with Crippen molar-refractivity contribution in [2.45, 2.75) is 55.8 Å². The Morgan fingerprint density at radius 1 is 0.808 bits per heavy atom. The van der Waals surface area contributed by atoms with Crippen molar-refractivity contribution in [2.24, 2.45) is 0 Å². The summed E-state index contributed by atoms with van der Waals surface area (Å²) in [4.78, 5) is 0. The van der Waals surface area contributed by atoms with E-state index in [2.05, 4.69) is 0 Å². The highest BCUT2D eigenvalue weighted by Crippen LogP contribution is 2.24. The van der Waals surface area contributed by atoms with Crippen molar-refractivity contribution in [3.63, 3.8) is 0 Å². The van der Waals surface area contributed by atoms with Crippen LogP contribution < -0.4 is 0 Å². The third-order valence-electron chi connectivity index (χ3n) is 4.45. The van der Waals surface area contributed by atoms with Gasteiger partial charge in [-0.2, -0.15) is 0 Å². The summed E-state index contributed by atoms with van der Waals surface area (Å²) in [6, 6.07) is 9.31. The van der Waals surface area contributed by atoms with Gasteiger partial charge in [0, 0.05) is 0 Å². The molecular weight excluding hydrogens is 348 g/mol. The molecule has 0 bridgehead atoms. The summed E-state index contributed by atoms with van der Waals surface area (Å²) >= 11 is 0. The first-order chi connectivity index (χ1) is 12.5. The Morgan fingerprint density at radius 3 is 2.19 bits per heavy atom. The van der Waals surface area contributed by atoms with Crippen molar-refractivity contribution in [1.82, 2.24) is 0 Å². The maximum Gasteiger partial charge on any atom is 0.186 e. The van der Waals surface area contributed by atoms with Gasteiger partial charge in [0.1, 0.15) is 36.6 Å². The van der Waals surface area contributed by atoms with E-state index in [0.717, 1.165) is 5.56 Å². The van der Waals surface area contributed by atoms with Gasteiger partial charge in [0.2, 0.25) is 0 Å². The standard InChI is InChI=1S/C17H24O9/c18-10-7-24-17(14(21)12(10)19)26-11-8-25-16(15(22)13(11)20)23-6-9-4-2-1-3-5-9/h1-5,10-22H,6-8H2/t10-,11+,12-,13-,14-,15-,16+,17+/m1/s1. The van der Waals surface area contributed by atoms with Crippen LogP contribution >= 0.6 is 0 Å². The van der Waals surface area contributed by atoms with Crippen LogP contribution in [0.4, 0.5) is 0 Å². The molecule has 1 aromatic carbocycles. The molecular formula is C17H24O9. The SMILES string of the molecule is O[C@H]1[C@H](O[C@H]2CO[C@H](OCc3ccccc3)[C@H](O)[C@@H]2O)OC[C@@H](O)[C@H]1O. The van der Waals surface area contributed by atoms with Gasteiger partial charge in [0.25, 0.3) is 0 Å². The zero-order chi connectivity index (χ0) is 18.7. The predicted molar refractivity (Wildman–Crippen MR) is 85.6 cm³/mol. The van der Waals surface area contributed by atoms with Crippen LogP contribution in [0.2, 0.25) is 0 Å². The molecule has 8 atom stereocenters. The maximum absolute atomic E-state index is 10.3. The lowest BCUT2D eigenvalue weighted by Crippen LogP contribution is -2.59. The molecule has 0 aliphatic carbocycles. The molecule has 0 radical (unpaired) electrons. The van der Waals surface area contributed by atoms with Crippen LogP contribution in [0.15, 0.2) is 30.3 Å². The molecule has 146 valence electrons. The van der Waals surface area contributed by atoms with Crippen molar-refractivity contribution < 1.29 is 44.5 Å². The van der Waals surface area contributed by atoms with Crippen molar-refractivity contribution in [3.05, 3.63) is 35.9 Å². The molecule has 0 unspecified atom stereocenters. The number of benzene rings is 1. The molecule has 9 nitrogen and oxygen atoms in total. The monoisotopic (exact) mass is 372 g/mol. The van der Waals surface area contributed by atoms with Gasteiger partial charge in [-0.15, -0.1) is 0 Å². The number of aliphatic hydroxyl groups is 5. The van der Waals surface area contributed by atoms with Crippen LogP contribution in [0.25, 0.3) is 0 Å². The highest BCUT2D eigenvalue weighted by molar-refractivity contribution is 5.13. The van der Waals surface area contributed by atoms with Crippen LogP contribution in [0, 0.1) is 0 Å². The Kier molecular flexibility index (Phi) is 6.56. The van der Waals surface area contributed by atoms with E-state index >= 15 is 0 Å².